The molecule has 1 atom stereocenters. The number of nitrogens with zero attached hydrogens (tertiary/aromatic N) is 1. The van der Waals surface area contributed by atoms with Crippen LogP contribution in [0.25, 0.3) is 33.3 Å². The fourth-order valence-electron chi connectivity index (χ4n) is 4.10. The van der Waals surface area contributed by atoms with Crippen LogP contribution in [0.2, 0.25) is 10.0 Å². The molecule has 4 aromatic rings. The first-order valence-corrected chi connectivity index (χ1v) is 10.8. The molecule has 1 unspecified atom stereocenters. The SMILES string of the molecule is O=c1[nH]c2ccc(Cl)cc2c(NCC2CCCCN2)c1-c1nc2ccc(Cl)cc2[nH]1. The van der Waals surface area contributed by atoms with Gasteiger partial charge in [-0.2, -0.15) is 0 Å². The van der Waals surface area contributed by atoms with Crippen molar-refractivity contribution in [3.8, 4) is 11.4 Å². The Balaban J connectivity index is 1.66. The lowest BCUT2D eigenvalue weighted by Crippen LogP contribution is -2.39. The number of imidazole rings is 1. The third kappa shape index (κ3) is 3.67. The molecule has 0 bridgehead atoms. The Labute approximate surface area is 183 Å². The second-order valence-electron chi connectivity index (χ2n) is 7.67. The summed E-state index contributed by atoms with van der Waals surface area (Å²) in [6.07, 6.45) is 3.51. The molecule has 0 amide bonds. The molecule has 1 aliphatic heterocycles. The zero-order chi connectivity index (χ0) is 20.7. The molecule has 0 spiro atoms. The Hall–Kier alpha value is -2.54. The number of anilines is 1. The highest BCUT2D eigenvalue weighted by Crippen LogP contribution is 2.32. The van der Waals surface area contributed by atoms with E-state index in [2.05, 4.69) is 25.6 Å². The monoisotopic (exact) mass is 441 g/mol. The molecule has 2 aromatic carbocycles. The molecule has 0 radical (unpaired) electrons. The summed E-state index contributed by atoms with van der Waals surface area (Å²) in [5.41, 5.74) is 3.24. The smallest absolute Gasteiger partial charge is 0.261 e. The molecule has 0 aliphatic carbocycles. The zero-order valence-electron chi connectivity index (χ0n) is 16.2. The third-order valence-corrected chi connectivity index (χ3v) is 6.06. The van der Waals surface area contributed by atoms with E-state index in [1.807, 2.05) is 18.2 Å². The molecule has 6 nitrogen and oxygen atoms in total. The second-order valence-corrected chi connectivity index (χ2v) is 8.54. The van der Waals surface area contributed by atoms with Crippen molar-refractivity contribution in [2.24, 2.45) is 0 Å². The van der Waals surface area contributed by atoms with Crippen molar-refractivity contribution >= 4 is 50.8 Å². The average molecular weight is 442 g/mol. The summed E-state index contributed by atoms with van der Waals surface area (Å²) in [5.74, 6) is 0.495. The number of nitrogens with one attached hydrogen (secondary N) is 4. The number of rotatable bonds is 4. The van der Waals surface area contributed by atoms with Gasteiger partial charge in [-0.15, -0.1) is 0 Å². The predicted molar refractivity (Wildman–Crippen MR) is 124 cm³/mol. The van der Waals surface area contributed by atoms with Crippen LogP contribution in [-0.2, 0) is 0 Å². The summed E-state index contributed by atoms with van der Waals surface area (Å²) in [6.45, 7) is 1.73. The highest BCUT2D eigenvalue weighted by atomic mass is 35.5. The van der Waals surface area contributed by atoms with E-state index in [1.54, 1.807) is 18.2 Å². The molecule has 30 heavy (non-hydrogen) atoms. The van der Waals surface area contributed by atoms with Gasteiger partial charge in [0.05, 0.1) is 22.2 Å². The molecule has 4 N–H and O–H groups in total. The van der Waals surface area contributed by atoms with Crippen LogP contribution in [0.3, 0.4) is 0 Å². The fraction of sp³-hybridized carbons (Fsp3) is 0.273. The quantitative estimate of drug-likeness (QED) is 0.361. The highest BCUT2D eigenvalue weighted by molar-refractivity contribution is 6.31. The second kappa shape index (κ2) is 7.95. The summed E-state index contributed by atoms with van der Waals surface area (Å²) in [5, 5.41) is 9.13. The van der Waals surface area contributed by atoms with Crippen molar-refractivity contribution in [1.29, 1.82) is 0 Å². The topological polar surface area (TPSA) is 85.6 Å². The molecule has 5 rings (SSSR count). The van der Waals surface area contributed by atoms with Gasteiger partial charge in [0.25, 0.3) is 5.56 Å². The maximum atomic E-state index is 13.1. The Bertz CT molecular complexity index is 1290. The lowest BCUT2D eigenvalue weighted by molar-refractivity contribution is 0.414. The average Bonchev–Trinajstić information content (AvgIpc) is 3.15. The fourth-order valence-corrected chi connectivity index (χ4v) is 4.44. The molecule has 0 saturated carbocycles. The molecule has 1 aliphatic rings. The van der Waals surface area contributed by atoms with Crippen molar-refractivity contribution in [2.75, 3.05) is 18.4 Å². The number of piperidine rings is 1. The minimum atomic E-state index is -0.214. The third-order valence-electron chi connectivity index (χ3n) is 5.59. The van der Waals surface area contributed by atoms with E-state index in [4.69, 9.17) is 23.2 Å². The number of hydrogen-bond donors (Lipinski definition) is 4. The van der Waals surface area contributed by atoms with Crippen LogP contribution < -0.4 is 16.2 Å². The number of benzene rings is 2. The Morgan fingerprint density at radius 1 is 1.03 bits per heavy atom. The van der Waals surface area contributed by atoms with Gasteiger partial charge in [-0.05, 0) is 55.8 Å². The molecule has 2 aromatic heterocycles. The van der Waals surface area contributed by atoms with Crippen LogP contribution >= 0.6 is 23.2 Å². The molecular weight excluding hydrogens is 421 g/mol. The number of pyridine rings is 1. The number of aromatic nitrogens is 3. The highest BCUT2D eigenvalue weighted by Gasteiger charge is 2.20. The van der Waals surface area contributed by atoms with E-state index in [9.17, 15) is 4.79 Å². The van der Waals surface area contributed by atoms with Crippen LogP contribution in [0.15, 0.2) is 41.2 Å². The van der Waals surface area contributed by atoms with Gasteiger partial charge in [-0.1, -0.05) is 29.6 Å². The Kier molecular flexibility index (Phi) is 5.15. The van der Waals surface area contributed by atoms with Crippen LogP contribution in [-0.4, -0.2) is 34.1 Å². The Morgan fingerprint density at radius 3 is 2.70 bits per heavy atom. The lowest BCUT2D eigenvalue weighted by atomic mass is 10.0. The normalized spacial score (nSPS) is 16.9. The van der Waals surface area contributed by atoms with Gasteiger partial charge < -0.3 is 20.6 Å². The van der Waals surface area contributed by atoms with Crippen molar-refractivity contribution in [1.82, 2.24) is 20.3 Å². The number of halogens is 2. The molecule has 8 heteroatoms. The first-order chi connectivity index (χ1) is 14.6. The van der Waals surface area contributed by atoms with Crippen LogP contribution in [0.4, 0.5) is 5.69 Å². The molecule has 1 fully saturated rings. The van der Waals surface area contributed by atoms with E-state index < -0.39 is 0 Å². The van der Waals surface area contributed by atoms with Gasteiger partial charge in [0.15, 0.2) is 0 Å². The number of fused-ring (bicyclic) bond motifs is 2. The summed E-state index contributed by atoms with van der Waals surface area (Å²) < 4.78 is 0. The number of aromatic amines is 2. The molecule has 154 valence electrons. The van der Waals surface area contributed by atoms with E-state index in [1.165, 1.54) is 12.8 Å². The van der Waals surface area contributed by atoms with Crippen LogP contribution in [0.1, 0.15) is 19.3 Å². The van der Waals surface area contributed by atoms with Crippen LogP contribution in [0, 0.1) is 0 Å². The van der Waals surface area contributed by atoms with Gasteiger partial charge >= 0.3 is 0 Å². The summed E-state index contributed by atoms with van der Waals surface area (Å²) in [6, 6.07) is 11.2. The zero-order valence-corrected chi connectivity index (χ0v) is 17.7. The van der Waals surface area contributed by atoms with Gasteiger partial charge in [-0.3, -0.25) is 4.79 Å². The molecule has 1 saturated heterocycles. The molecular formula is C22H21Cl2N5O. The van der Waals surface area contributed by atoms with Gasteiger partial charge in [0, 0.05) is 28.0 Å². The van der Waals surface area contributed by atoms with Crippen molar-refractivity contribution in [3.63, 3.8) is 0 Å². The largest absolute Gasteiger partial charge is 0.382 e. The number of hydrogen-bond acceptors (Lipinski definition) is 4. The molecule has 3 heterocycles. The van der Waals surface area contributed by atoms with Crippen molar-refractivity contribution in [2.45, 2.75) is 25.3 Å². The van der Waals surface area contributed by atoms with Gasteiger partial charge in [0.2, 0.25) is 0 Å². The van der Waals surface area contributed by atoms with E-state index in [-0.39, 0.29) is 5.56 Å². The standard InChI is InChI=1S/C22H21Cl2N5O/c23-12-4-6-16-15(9-12)20(26-11-14-3-1-2-8-25-14)19(22(30)29-16)21-27-17-7-5-13(24)10-18(17)28-21/h4-7,9-10,14,25H,1-3,8,11H2,(H,27,28)(H2,26,29,30). The first-order valence-electron chi connectivity index (χ1n) is 10.1. The first kappa shape index (κ1) is 19.4. The van der Waals surface area contributed by atoms with Gasteiger partial charge in [0.1, 0.15) is 11.4 Å². The van der Waals surface area contributed by atoms with E-state index in [0.717, 1.165) is 40.6 Å². The van der Waals surface area contributed by atoms with E-state index in [0.29, 0.717) is 34.0 Å². The predicted octanol–water partition coefficient (Wildman–Crippen LogP) is 4.93. The maximum Gasteiger partial charge on any atom is 0.261 e. The Morgan fingerprint density at radius 2 is 1.87 bits per heavy atom. The van der Waals surface area contributed by atoms with Crippen molar-refractivity contribution in [3.05, 3.63) is 56.8 Å². The van der Waals surface area contributed by atoms with E-state index >= 15 is 0 Å². The summed E-state index contributed by atoms with van der Waals surface area (Å²) in [7, 11) is 0. The maximum absolute atomic E-state index is 13.1. The van der Waals surface area contributed by atoms with Gasteiger partial charge in [-0.25, -0.2) is 4.98 Å². The lowest BCUT2D eigenvalue weighted by Gasteiger charge is -2.25. The minimum Gasteiger partial charge on any atom is -0.382 e. The van der Waals surface area contributed by atoms with Crippen LogP contribution in [0.5, 0.6) is 0 Å². The summed E-state index contributed by atoms with van der Waals surface area (Å²) in [4.78, 5) is 24.0. The summed E-state index contributed by atoms with van der Waals surface area (Å²) >= 11 is 12.4. The minimum absolute atomic E-state index is 0.214. The number of H-pyrrole nitrogens is 2. The van der Waals surface area contributed by atoms with Crippen molar-refractivity contribution < 1.29 is 0 Å².